The predicted molar refractivity (Wildman–Crippen MR) is 37.3 cm³/mol. The summed E-state index contributed by atoms with van der Waals surface area (Å²) in [5, 5.41) is 8.46. The molecule has 0 aromatic carbocycles. The standard InChI is InChI=1S/C7H12N2/c1-7(2,3)6(4-8)5-9/h4H,8H2,1-3H3/b6-4+. The summed E-state index contributed by atoms with van der Waals surface area (Å²) in [6, 6.07) is 2.03. The lowest BCUT2D eigenvalue weighted by molar-refractivity contribution is 0.518. The van der Waals surface area contributed by atoms with Gasteiger partial charge in [0.25, 0.3) is 0 Å². The largest absolute Gasteiger partial charge is 0.404 e. The van der Waals surface area contributed by atoms with Crippen LogP contribution in [0.3, 0.4) is 0 Å². The van der Waals surface area contributed by atoms with Crippen LogP contribution in [-0.4, -0.2) is 0 Å². The Balaban J connectivity index is 4.39. The van der Waals surface area contributed by atoms with Gasteiger partial charge in [0.15, 0.2) is 0 Å². The SMILES string of the molecule is CC(C)(C)/C(C#N)=C/N. The van der Waals surface area contributed by atoms with Gasteiger partial charge in [-0.2, -0.15) is 5.26 Å². The molecular formula is C7H12N2. The molecule has 0 aromatic heterocycles. The second-order valence-electron chi connectivity index (χ2n) is 2.94. The van der Waals surface area contributed by atoms with Crippen LogP contribution in [0.4, 0.5) is 0 Å². The van der Waals surface area contributed by atoms with Gasteiger partial charge in [0, 0.05) is 6.20 Å². The lowest BCUT2D eigenvalue weighted by Crippen LogP contribution is -2.09. The molecule has 50 valence electrons. The normalized spacial score (nSPS) is 12.9. The summed E-state index contributed by atoms with van der Waals surface area (Å²) in [5.74, 6) is 0. The van der Waals surface area contributed by atoms with E-state index in [0.717, 1.165) is 0 Å². The number of rotatable bonds is 0. The molecule has 0 saturated heterocycles. The molecule has 0 aliphatic heterocycles. The van der Waals surface area contributed by atoms with Gasteiger partial charge < -0.3 is 5.73 Å². The van der Waals surface area contributed by atoms with Crippen molar-refractivity contribution >= 4 is 0 Å². The maximum absolute atomic E-state index is 8.46. The highest BCUT2D eigenvalue weighted by molar-refractivity contribution is 5.25. The summed E-state index contributed by atoms with van der Waals surface area (Å²) in [6.45, 7) is 5.86. The maximum atomic E-state index is 8.46. The van der Waals surface area contributed by atoms with Crippen LogP contribution in [0.15, 0.2) is 11.8 Å². The minimum absolute atomic E-state index is 0.108. The van der Waals surface area contributed by atoms with Gasteiger partial charge in [-0.3, -0.25) is 0 Å². The average molecular weight is 124 g/mol. The van der Waals surface area contributed by atoms with Crippen LogP contribution < -0.4 is 5.73 Å². The van der Waals surface area contributed by atoms with E-state index in [2.05, 4.69) is 0 Å². The van der Waals surface area contributed by atoms with Crippen LogP contribution in [-0.2, 0) is 0 Å². The minimum atomic E-state index is -0.108. The molecule has 0 aromatic rings. The van der Waals surface area contributed by atoms with Crippen LogP contribution >= 0.6 is 0 Å². The molecule has 0 spiro atoms. The van der Waals surface area contributed by atoms with Gasteiger partial charge in [0.1, 0.15) is 0 Å². The highest BCUT2D eigenvalue weighted by Crippen LogP contribution is 2.22. The second-order valence-corrected chi connectivity index (χ2v) is 2.94. The number of nitrogens with zero attached hydrogens (tertiary/aromatic N) is 1. The summed E-state index contributed by atoms with van der Waals surface area (Å²) in [4.78, 5) is 0. The lowest BCUT2D eigenvalue weighted by Gasteiger charge is -2.15. The van der Waals surface area contributed by atoms with Gasteiger partial charge in [-0.1, -0.05) is 20.8 Å². The molecule has 0 rings (SSSR count). The fourth-order valence-corrected chi connectivity index (χ4v) is 0.455. The third-order valence-corrected chi connectivity index (χ3v) is 1.10. The molecule has 0 fully saturated rings. The second kappa shape index (κ2) is 2.54. The van der Waals surface area contributed by atoms with E-state index in [4.69, 9.17) is 11.0 Å². The molecule has 0 unspecified atom stereocenters. The number of allylic oxidation sites excluding steroid dienone is 1. The molecule has 0 radical (unpaired) electrons. The molecule has 0 atom stereocenters. The first-order valence-electron chi connectivity index (χ1n) is 2.85. The highest BCUT2D eigenvalue weighted by Gasteiger charge is 2.15. The van der Waals surface area contributed by atoms with Crippen LogP contribution in [0.2, 0.25) is 0 Å². The van der Waals surface area contributed by atoms with Gasteiger partial charge in [0.2, 0.25) is 0 Å². The fourth-order valence-electron chi connectivity index (χ4n) is 0.455. The lowest BCUT2D eigenvalue weighted by atomic mass is 9.88. The van der Waals surface area contributed by atoms with Crippen molar-refractivity contribution in [2.45, 2.75) is 20.8 Å². The number of nitriles is 1. The minimum Gasteiger partial charge on any atom is -0.404 e. The molecule has 0 bridgehead atoms. The van der Waals surface area contributed by atoms with Crippen molar-refractivity contribution < 1.29 is 0 Å². The molecule has 0 aliphatic rings. The monoisotopic (exact) mass is 124 g/mol. The fraction of sp³-hybridized carbons (Fsp3) is 0.571. The smallest absolute Gasteiger partial charge is 0.0967 e. The first-order valence-corrected chi connectivity index (χ1v) is 2.85. The zero-order chi connectivity index (χ0) is 7.49. The average Bonchev–Trinajstić information content (AvgIpc) is 1.65. The van der Waals surface area contributed by atoms with Crippen LogP contribution in [0.1, 0.15) is 20.8 Å². The highest BCUT2D eigenvalue weighted by atomic mass is 14.5. The number of hydrogen-bond acceptors (Lipinski definition) is 2. The van der Waals surface area contributed by atoms with Crippen molar-refractivity contribution in [2.24, 2.45) is 11.1 Å². The predicted octanol–water partition coefficient (Wildman–Crippen LogP) is 1.40. The topological polar surface area (TPSA) is 49.8 Å². The Morgan fingerprint density at radius 1 is 1.56 bits per heavy atom. The van der Waals surface area contributed by atoms with Crippen molar-refractivity contribution in [3.63, 3.8) is 0 Å². The van der Waals surface area contributed by atoms with Gasteiger partial charge in [0.05, 0.1) is 11.6 Å². The zero-order valence-electron chi connectivity index (χ0n) is 6.10. The maximum Gasteiger partial charge on any atom is 0.0967 e. The van der Waals surface area contributed by atoms with E-state index >= 15 is 0 Å². The van der Waals surface area contributed by atoms with E-state index in [-0.39, 0.29) is 5.41 Å². The van der Waals surface area contributed by atoms with E-state index in [9.17, 15) is 0 Å². The Bertz CT molecular complexity index is 155. The van der Waals surface area contributed by atoms with Gasteiger partial charge in [-0.05, 0) is 5.41 Å². The van der Waals surface area contributed by atoms with Crippen molar-refractivity contribution in [1.29, 1.82) is 5.26 Å². The Morgan fingerprint density at radius 2 is 2.00 bits per heavy atom. The van der Waals surface area contributed by atoms with E-state index in [1.165, 1.54) is 6.20 Å². The van der Waals surface area contributed by atoms with Gasteiger partial charge in [-0.15, -0.1) is 0 Å². The number of nitrogens with two attached hydrogens (primary N) is 1. The first-order chi connectivity index (χ1) is 4.02. The van der Waals surface area contributed by atoms with Crippen LogP contribution in [0.5, 0.6) is 0 Å². The van der Waals surface area contributed by atoms with Crippen molar-refractivity contribution in [3.8, 4) is 6.07 Å². The summed E-state index contributed by atoms with van der Waals surface area (Å²) in [6.07, 6.45) is 1.36. The molecule has 2 heteroatoms. The van der Waals surface area contributed by atoms with Crippen molar-refractivity contribution in [2.75, 3.05) is 0 Å². The zero-order valence-corrected chi connectivity index (χ0v) is 6.10. The quantitative estimate of drug-likeness (QED) is 0.496. The molecule has 2 nitrogen and oxygen atoms in total. The Kier molecular flexibility index (Phi) is 2.27. The first kappa shape index (κ1) is 8.03. The Morgan fingerprint density at radius 3 is 2.00 bits per heavy atom. The van der Waals surface area contributed by atoms with Crippen LogP contribution in [0.25, 0.3) is 0 Å². The third-order valence-electron chi connectivity index (χ3n) is 1.10. The third kappa shape index (κ3) is 2.18. The van der Waals surface area contributed by atoms with E-state index < -0.39 is 0 Å². The van der Waals surface area contributed by atoms with Crippen molar-refractivity contribution in [1.82, 2.24) is 0 Å². The van der Waals surface area contributed by atoms with Crippen molar-refractivity contribution in [3.05, 3.63) is 11.8 Å². The molecular weight excluding hydrogens is 112 g/mol. The molecule has 2 N–H and O–H groups in total. The van der Waals surface area contributed by atoms with Gasteiger partial charge in [-0.25, -0.2) is 0 Å². The van der Waals surface area contributed by atoms with E-state index in [1.54, 1.807) is 0 Å². The summed E-state index contributed by atoms with van der Waals surface area (Å²) in [5.41, 5.74) is 5.70. The van der Waals surface area contributed by atoms with E-state index in [1.807, 2.05) is 26.8 Å². The Hall–Kier alpha value is -0.970. The summed E-state index contributed by atoms with van der Waals surface area (Å²) >= 11 is 0. The van der Waals surface area contributed by atoms with Crippen LogP contribution in [0, 0.1) is 16.7 Å². The molecule has 0 saturated carbocycles. The molecule has 0 aliphatic carbocycles. The van der Waals surface area contributed by atoms with E-state index in [0.29, 0.717) is 5.57 Å². The summed E-state index contributed by atoms with van der Waals surface area (Å²) in [7, 11) is 0. The molecule has 9 heavy (non-hydrogen) atoms. The Labute approximate surface area is 56.0 Å². The number of hydrogen-bond donors (Lipinski definition) is 1. The molecule has 0 amide bonds. The summed E-state index contributed by atoms with van der Waals surface area (Å²) < 4.78 is 0. The van der Waals surface area contributed by atoms with Gasteiger partial charge >= 0.3 is 0 Å². The molecule has 0 heterocycles.